The number of benzene rings is 1. The molecular weight excluding hydrogens is 156 g/mol. The van der Waals surface area contributed by atoms with Crippen LogP contribution in [-0.4, -0.2) is 0 Å². The number of hydrogen-bond donors (Lipinski definition) is 0. The van der Waals surface area contributed by atoms with Crippen LogP contribution in [0.15, 0.2) is 24.3 Å². The Kier molecular flexibility index (Phi) is 0.871. The van der Waals surface area contributed by atoms with Crippen LogP contribution < -0.4 is 0 Å². The van der Waals surface area contributed by atoms with E-state index >= 15 is 0 Å². The van der Waals surface area contributed by atoms with Crippen LogP contribution in [0.5, 0.6) is 0 Å². The van der Waals surface area contributed by atoms with Crippen molar-refractivity contribution in [3.63, 3.8) is 0 Å². The summed E-state index contributed by atoms with van der Waals surface area (Å²) in [6, 6.07) is 9.11. The largest absolute Gasteiger partial charge is 0.0620 e. The molecule has 1 aromatic carbocycles. The average Bonchev–Trinajstić information content (AvgIpc) is 3.02. The summed E-state index contributed by atoms with van der Waals surface area (Å²) in [5.74, 6) is 0. The van der Waals surface area contributed by atoms with Crippen LogP contribution in [0, 0.1) is 6.42 Å². The maximum atomic E-state index is 2.67. The highest BCUT2D eigenvalue weighted by atomic mass is 14.7. The number of hydrogen-bond acceptors (Lipinski definition) is 0. The Hall–Kier alpha value is -0.780. The molecule has 0 N–H and O–H groups in total. The van der Waals surface area contributed by atoms with Gasteiger partial charge in [0.2, 0.25) is 0 Å². The second kappa shape index (κ2) is 1.70. The molecule has 0 amide bonds. The number of rotatable bonds is 0. The molecule has 0 unspecified atom stereocenters. The summed E-state index contributed by atoms with van der Waals surface area (Å²) in [5.41, 5.74) is 4.42. The average molecular weight is 169 g/mol. The van der Waals surface area contributed by atoms with E-state index in [4.69, 9.17) is 0 Å². The van der Waals surface area contributed by atoms with Gasteiger partial charge < -0.3 is 0 Å². The van der Waals surface area contributed by atoms with Crippen LogP contribution in [0.4, 0.5) is 0 Å². The minimum absolute atomic E-state index is 0.549. The summed E-state index contributed by atoms with van der Waals surface area (Å²) >= 11 is 0. The van der Waals surface area contributed by atoms with Gasteiger partial charge in [-0.25, -0.2) is 0 Å². The predicted octanol–water partition coefficient (Wildman–Crippen LogP) is 2.97. The summed E-state index contributed by atoms with van der Waals surface area (Å²) in [5, 5.41) is 0. The predicted molar refractivity (Wildman–Crippen MR) is 52.6 cm³/mol. The monoisotopic (exact) mass is 169 g/mol. The van der Waals surface area contributed by atoms with Gasteiger partial charge in [0.15, 0.2) is 0 Å². The first kappa shape index (κ1) is 6.64. The van der Waals surface area contributed by atoms with Crippen molar-refractivity contribution >= 4 is 0 Å². The molecule has 2 spiro atoms. The van der Waals surface area contributed by atoms with E-state index in [9.17, 15) is 0 Å². The fraction of sp³-hybridized carbons (Fsp3) is 0.462. The van der Waals surface area contributed by atoms with Crippen molar-refractivity contribution in [3.8, 4) is 0 Å². The Morgan fingerprint density at radius 2 is 1.23 bits per heavy atom. The quantitative estimate of drug-likeness (QED) is 0.560. The molecule has 4 rings (SSSR count). The van der Waals surface area contributed by atoms with Crippen molar-refractivity contribution in [2.24, 2.45) is 0 Å². The van der Waals surface area contributed by atoms with Gasteiger partial charge >= 0.3 is 0 Å². The van der Waals surface area contributed by atoms with Crippen molar-refractivity contribution in [1.82, 2.24) is 0 Å². The molecule has 13 heavy (non-hydrogen) atoms. The zero-order valence-corrected chi connectivity index (χ0v) is 7.72. The molecule has 0 bridgehead atoms. The van der Waals surface area contributed by atoms with Gasteiger partial charge in [0, 0.05) is 0 Å². The lowest BCUT2D eigenvalue weighted by atomic mass is 9.97. The van der Waals surface area contributed by atoms with Gasteiger partial charge in [-0.15, -0.1) is 0 Å². The molecular formula is C13H13. The van der Waals surface area contributed by atoms with Crippen LogP contribution in [0.3, 0.4) is 0 Å². The Morgan fingerprint density at radius 1 is 0.769 bits per heavy atom. The van der Waals surface area contributed by atoms with E-state index in [1.54, 1.807) is 11.1 Å². The lowest BCUT2D eigenvalue weighted by molar-refractivity contribution is 0.748. The molecule has 3 aliphatic rings. The van der Waals surface area contributed by atoms with Gasteiger partial charge in [-0.3, -0.25) is 0 Å². The van der Waals surface area contributed by atoms with Gasteiger partial charge in [-0.05, 0) is 54.1 Å². The third-order valence-corrected chi connectivity index (χ3v) is 4.13. The minimum atomic E-state index is 0.549. The third-order valence-electron chi connectivity index (χ3n) is 4.13. The SMILES string of the molecule is [CH]1C2(CC2)c2ccccc2C12CC2. The third kappa shape index (κ3) is 0.653. The van der Waals surface area contributed by atoms with E-state index in [-0.39, 0.29) is 0 Å². The Balaban J connectivity index is 2.01. The second-order valence-electron chi connectivity index (χ2n) is 5.00. The molecule has 0 saturated heterocycles. The first-order valence-corrected chi connectivity index (χ1v) is 5.32. The summed E-state index contributed by atoms with van der Waals surface area (Å²) in [7, 11) is 0. The lowest BCUT2D eigenvalue weighted by Crippen LogP contribution is -2.04. The standard InChI is InChI=1S/C13H13/c1-2-4-11-10(3-1)12(5-6-12)9-13(11)7-8-13/h1-4,9H,5-8H2. The molecule has 0 aromatic heterocycles. The Bertz CT molecular complexity index is 344. The van der Waals surface area contributed by atoms with Gasteiger partial charge in [0.1, 0.15) is 0 Å². The molecule has 0 heteroatoms. The van der Waals surface area contributed by atoms with E-state index < -0.39 is 0 Å². The fourth-order valence-electron chi connectivity index (χ4n) is 3.13. The normalized spacial score (nSPS) is 29.2. The van der Waals surface area contributed by atoms with E-state index in [0.29, 0.717) is 10.8 Å². The van der Waals surface area contributed by atoms with Crippen molar-refractivity contribution in [2.75, 3.05) is 0 Å². The van der Waals surface area contributed by atoms with Crippen LogP contribution in [-0.2, 0) is 10.8 Å². The Morgan fingerprint density at radius 3 is 1.62 bits per heavy atom. The summed E-state index contributed by atoms with van der Waals surface area (Å²) in [6.45, 7) is 0. The second-order valence-corrected chi connectivity index (χ2v) is 5.00. The van der Waals surface area contributed by atoms with Crippen molar-refractivity contribution in [2.45, 2.75) is 36.5 Å². The van der Waals surface area contributed by atoms with Gasteiger partial charge in [0.25, 0.3) is 0 Å². The molecule has 3 aliphatic carbocycles. The highest BCUT2D eigenvalue weighted by Crippen LogP contribution is 2.69. The van der Waals surface area contributed by atoms with Gasteiger partial charge in [0.05, 0.1) is 0 Å². The van der Waals surface area contributed by atoms with Gasteiger partial charge in [-0.1, -0.05) is 24.3 Å². The first-order valence-electron chi connectivity index (χ1n) is 5.32. The summed E-state index contributed by atoms with van der Waals surface area (Å²) in [4.78, 5) is 0. The zero-order chi connectivity index (χ0) is 8.52. The van der Waals surface area contributed by atoms with Gasteiger partial charge in [-0.2, -0.15) is 0 Å². The topological polar surface area (TPSA) is 0 Å². The lowest BCUT2D eigenvalue weighted by Gasteiger charge is -2.05. The molecule has 1 aromatic rings. The van der Waals surface area contributed by atoms with E-state index in [2.05, 4.69) is 30.7 Å². The van der Waals surface area contributed by atoms with Crippen LogP contribution in [0.2, 0.25) is 0 Å². The molecule has 1 radical (unpaired) electrons. The van der Waals surface area contributed by atoms with Crippen LogP contribution in [0.25, 0.3) is 0 Å². The number of fused-ring (bicyclic) bond motifs is 3. The molecule has 0 heterocycles. The minimum Gasteiger partial charge on any atom is -0.0620 e. The smallest absolute Gasteiger partial charge is 0.000339 e. The Labute approximate surface area is 79.0 Å². The summed E-state index contributed by atoms with van der Waals surface area (Å²) in [6.07, 6.45) is 8.31. The highest BCUT2D eigenvalue weighted by Gasteiger charge is 2.62. The maximum Gasteiger partial charge on any atom is -0.000339 e. The summed E-state index contributed by atoms with van der Waals surface area (Å²) < 4.78 is 0. The van der Waals surface area contributed by atoms with Crippen molar-refractivity contribution in [3.05, 3.63) is 41.8 Å². The first-order chi connectivity index (χ1) is 6.35. The van der Waals surface area contributed by atoms with Crippen LogP contribution in [0.1, 0.15) is 36.8 Å². The molecule has 2 saturated carbocycles. The van der Waals surface area contributed by atoms with Crippen molar-refractivity contribution in [1.29, 1.82) is 0 Å². The molecule has 0 nitrogen and oxygen atoms in total. The maximum absolute atomic E-state index is 2.67. The van der Waals surface area contributed by atoms with E-state index in [1.165, 1.54) is 25.7 Å². The van der Waals surface area contributed by atoms with Crippen LogP contribution >= 0.6 is 0 Å². The van der Waals surface area contributed by atoms with E-state index in [1.807, 2.05) is 0 Å². The molecule has 0 aliphatic heterocycles. The molecule has 2 fully saturated rings. The zero-order valence-electron chi connectivity index (χ0n) is 7.72. The van der Waals surface area contributed by atoms with E-state index in [0.717, 1.165) is 0 Å². The molecule has 65 valence electrons. The highest BCUT2D eigenvalue weighted by molar-refractivity contribution is 5.58. The molecule has 0 atom stereocenters. The van der Waals surface area contributed by atoms with Crippen molar-refractivity contribution < 1.29 is 0 Å². The fourth-order valence-corrected chi connectivity index (χ4v) is 3.13.